The number of carbonyl (C=O) groups excluding carboxylic acids is 1. The number of benzene rings is 3. The van der Waals surface area contributed by atoms with E-state index < -0.39 is 6.10 Å². The summed E-state index contributed by atoms with van der Waals surface area (Å²) in [5.41, 5.74) is 4.82. The molecule has 5 rings (SSSR count). The number of anilines is 1. The van der Waals surface area contributed by atoms with Crippen LogP contribution in [0.2, 0.25) is 0 Å². The average molecular weight is 441 g/mol. The molecule has 1 unspecified atom stereocenters. The zero-order valence-electron chi connectivity index (χ0n) is 18.3. The van der Waals surface area contributed by atoms with Crippen LogP contribution in [0.5, 0.6) is 5.75 Å². The van der Waals surface area contributed by atoms with Crippen molar-refractivity contribution in [1.82, 2.24) is 4.98 Å². The minimum atomic E-state index is -0.563. The van der Waals surface area contributed by atoms with E-state index in [1.165, 1.54) is 0 Å². The van der Waals surface area contributed by atoms with Gasteiger partial charge >= 0.3 is 0 Å². The van der Waals surface area contributed by atoms with Gasteiger partial charge in [0.25, 0.3) is 5.91 Å². The van der Waals surface area contributed by atoms with E-state index in [9.17, 15) is 4.79 Å². The van der Waals surface area contributed by atoms with E-state index in [1.807, 2.05) is 73.3 Å². The summed E-state index contributed by atoms with van der Waals surface area (Å²) < 4.78 is 6.01. The minimum Gasteiger partial charge on any atom is -0.479 e. The molecule has 0 N–H and O–H groups in total. The molecule has 2 heterocycles. The van der Waals surface area contributed by atoms with Gasteiger partial charge in [-0.25, -0.2) is 4.98 Å². The highest BCUT2D eigenvalue weighted by Crippen LogP contribution is 2.44. The second-order valence-electron chi connectivity index (χ2n) is 8.01. The van der Waals surface area contributed by atoms with Gasteiger partial charge in [-0.2, -0.15) is 0 Å². The van der Waals surface area contributed by atoms with Gasteiger partial charge in [-0.3, -0.25) is 9.69 Å². The van der Waals surface area contributed by atoms with E-state index in [0.717, 1.165) is 38.0 Å². The number of carbonyl (C=O) groups is 1. The van der Waals surface area contributed by atoms with Crippen molar-refractivity contribution in [2.75, 3.05) is 4.90 Å². The highest BCUT2D eigenvalue weighted by molar-refractivity contribution is 7.11. The lowest BCUT2D eigenvalue weighted by Crippen LogP contribution is -2.46. The Labute approximate surface area is 192 Å². The second kappa shape index (κ2) is 8.24. The van der Waals surface area contributed by atoms with Crippen molar-refractivity contribution in [3.63, 3.8) is 0 Å². The summed E-state index contributed by atoms with van der Waals surface area (Å²) in [7, 11) is 0. The Morgan fingerprint density at radius 3 is 2.12 bits per heavy atom. The fourth-order valence-corrected chi connectivity index (χ4v) is 5.17. The van der Waals surface area contributed by atoms with Gasteiger partial charge in [-0.1, -0.05) is 60.7 Å². The molecular formula is C27H24N2O2S. The third-order valence-electron chi connectivity index (χ3n) is 5.77. The van der Waals surface area contributed by atoms with Crippen LogP contribution in [0.3, 0.4) is 0 Å². The molecule has 0 fully saturated rings. The number of thiazole rings is 1. The van der Waals surface area contributed by atoms with Crippen molar-refractivity contribution >= 4 is 22.9 Å². The van der Waals surface area contributed by atoms with Gasteiger partial charge < -0.3 is 4.74 Å². The van der Waals surface area contributed by atoms with E-state index >= 15 is 0 Å². The van der Waals surface area contributed by atoms with Crippen molar-refractivity contribution in [2.24, 2.45) is 0 Å². The van der Waals surface area contributed by atoms with E-state index in [4.69, 9.17) is 9.72 Å². The summed E-state index contributed by atoms with van der Waals surface area (Å²) in [4.78, 5) is 21.4. The van der Waals surface area contributed by atoms with Gasteiger partial charge in [0.1, 0.15) is 5.75 Å². The Bertz CT molecular complexity index is 1230. The van der Waals surface area contributed by atoms with Crippen LogP contribution in [0.1, 0.15) is 34.0 Å². The lowest BCUT2D eigenvalue weighted by atomic mass is 9.94. The molecule has 1 aliphatic heterocycles. The lowest BCUT2D eigenvalue weighted by Gasteiger charge is -2.39. The lowest BCUT2D eigenvalue weighted by molar-refractivity contribution is -0.126. The fraction of sp³-hybridized carbons (Fsp3) is 0.185. The number of hydrogen-bond donors (Lipinski definition) is 0. The summed E-state index contributed by atoms with van der Waals surface area (Å²) in [6.45, 7) is 5.91. The van der Waals surface area contributed by atoms with Crippen LogP contribution >= 0.6 is 11.3 Å². The molecule has 0 aliphatic carbocycles. The highest BCUT2D eigenvalue weighted by atomic mass is 32.1. The molecule has 0 bridgehead atoms. The highest BCUT2D eigenvalue weighted by Gasteiger charge is 2.38. The summed E-state index contributed by atoms with van der Waals surface area (Å²) in [6, 6.07) is 26.1. The molecular weight excluding hydrogens is 416 g/mol. The Morgan fingerprint density at radius 1 is 0.938 bits per heavy atom. The first-order valence-electron chi connectivity index (χ1n) is 10.7. The number of fused-ring (bicyclic) bond motifs is 1. The Kier molecular flexibility index (Phi) is 5.27. The van der Waals surface area contributed by atoms with Crippen LogP contribution in [0.25, 0.3) is 11.3 Å². The SMILES string of the molecule is Cc1nc(-c2ccc3c(c2)N(C(c2ccccc2)c2ccccc2)C(=O)C(C)O3)c(C)s1. The molecule has 0 spiro atoms. The van der Waals surface area contributed by atoms with Crippen LogP contribution < -0.4 is 9.64 Å². The summed E-state index contributed by atoms with van der Waals surface area (Å²) in [5, 5.41) is 1.03. The van der Waals surface area contributed by atoms with Crippen molar-refractivity contribution in [3.05, 3.63) is 99.9 Å². The van der Waals surface area contributed by atoms with E-state index in [0.29, 0.717) is 5.75 Å². The predicted octanol–water partition coefficient (Wildman–Crippen LogP) is 6.33. The maximum absolute atomic E-state index is 13.6. The maximum Gasteiger partial charge on any atom is 0.268 e. The minimum absolute atomic E-state index is 0.0569. The number of aromatic nitrogens is 1. The van der Waals surface area contributed by atoms with E-state index in [-0.39, 0.29) is 11.9 Å². The van der Waals surface area contributed by atoms with Crippen molar-refractivity contribution in [3.8, 4) is 17.0 Å². The molecule has 1 amide bonds. The van der Waals surface area contributed by atoms with Gasteiger partial charge in [0.2, 0.25) is 0 Å². The Hall–Kier alpha value is -3.44. The van der Waals surface area contributed by atoms with Crippen molar-refractivity contribution in [2.45, 2.75) is 32.9 Å². The standard InChI is InChI=1S/C27H24N2O2S/c1-17-27(30)29(26(20-10-6-4-7-11-20)21-12-8-5-9-13-21)23-16-22(14-15-24(23)31-17)25-18(2)32-19(3)28-25/h4-17,26H,1-3H3. The number of hydrogen-bond acceptors (Lipinski definition) is 4. The van der Waals surface area contributed by atoms with Gasteiger partial charge in [0.05, 0.1) is 22.4 Å². The zero-order chi connectivity index (χ0) is 22.2. The first-order valence-corrected chi connectivity index (χ1v) is 11.5. The molecule has 0 saturated carbocycles. The van der Waals surface area contributed by atoms with Crippen LogP contribution in [0.4, 0.5) is 5.69 Å². The summed E-state index contributed by atoms with van der Waals surface area (Å²) in [5.74, 6) is 0.654. The van der Waals surface area contributed by atoms with Crippen LogP contribution in [0.15, 0.2) is 78.9 Å². The van der Waals surface area contributed by atoms with Crippen molar-refractivity contribution < 1.29 is 9.53 Å². The van der Waals surface area contributed by atoms with E-state index in [2.05, 4.69) is 31.2 Å². The predicted molar refractivity (Wildman–Crippen MR) is 129 cm³/mol. The Morgan fingerprint density at radius 2 is 1.56 bits per heavy atom. The Balaban J connectivity index is 1.71. The molecule has 5 heteroatoms. The van der Waals surface area contributed by atoms with E-state index in [1.54, 1.807) is 11.3 Å². The molecule has 0 radical (unpaired) electrons. The molecule has 3 aromatic carbocycles. The third-order valence-corrected chi connectivity index (χ3v) is 6.66. The molecule has 0 saturated heterocycles. The van der Waals surface area contributed by atoms with Gasteiger partial charge in [-0.05, 0) is 50.1 Å². The number of ether oxygens (including phenoxy) is 1. The number of rotatable bonds is 4. The van der Waals surface area contributed by atoms with Crippen LogP contribution in [-0.2, 0) is 4.79 Å². The molecule has 4 aromatic rings. The first-order chi connectivity index (χ1) is 15.5. The quantitative estimate of drug-likeness (QED) is 0.372. The van der Waals surface area contributed by atoms with Crippen LogP contribution in [-0.4, -0.2) is 17.0 Å². The fourth-order valence-electron chi connectivity index (χ4n) is 4.33. The van der Waals surface area contributed by atoms with Gasteiger partial charge in [0.15, 0.2) is 6.10 Å². The third kappa shape index (κ3) is 3.59. The largest absolute Gasteiger partial charge is 0.479 e. The molecule has 1 aliphatic rings. The number of aryl methyl sites for hydroxylation is 2. The zero-order valence-corrected chi connectivity index (χ0v) is 19.1. The maximum atomic E-state index is 13.6. The molecule has 1 atom stereocenters. The first kappa shape index (κ1) is 20.5. The molecule has 160 valence electrons. The molecule has 32 heavy (non-hydrogen) atoms. The average Bonchev–Trinajstić information content (AvgIpc) is 3.15. The topological polar surface area (TPSA) is 42.4 Å². The summed E-state index contributed by atoms with van der Waals surface area (Å²) in [6.07, 6.45) is -0.563. The molecule has 1 aromatic heterocycles. The van der Waals surface area contributed by atoms with Gasteiger partial charge in [-0.15, -0.1) is 11.3 Å². The monoisotopic (exact) mass is 440 g/mol. The van der Waals surface area contributed by atoms with Gasteiger partial charge in [0, 0.05) is 10.4 Å². The number of amides is 1. The van der Waals surface area contributed by atoms with Crippen molar-refractivity contribution in [1.29, 1.82) is 0 Å². The molecule has 4 nitrogen and oxygen atoms in total. The van der Waals surface area contributed by atoms with Crippen LogP contribution in [0, 0.1) is 13.8 Å². The second-order valence-corrected chi connectivity index (χ2v) is 9.42. The normalized spacial score (nSPS) is 15.6. The smallest absolute Gasteiger partial charge is 0.268 e. The summed E-state index contributed by atoms with van der Waals surface area (Å²) >= 11 is 1.68. The number of nitrogens with zero attached hydrogens (tertiary/aromatic N) is 2.